The quantitative estimate of drug-likeness (QED) is 0.339. The Morgan fingerprint density at radius 1 is 0.656 bits per heavy atom. The number of rotatable bonds is 6. The van der Waals surface area contributed by atoms with Crippen molar-refractivity contribution in [2.24, 2.45) is 5.92 Å². The van der Waals surface area contributed by atoms with Gasteiger partial charge in [0.1, 0.15) is 0 Å². The SMILES string of the molecule is CC(C)CCN(c1ccc(C(F)(F)F)cc1)c1cccc(-c2ccc(C(F)(F)F)cc2)c1. The summed E-state index contributed by atoms with van der Waals surface area (Å²) in [4.78, 5) is 1.92. The Bertz CT molecular complexity index is 1020. The maximum Gasteiger partial charge on any atom is 0.416 e. The predicted octanol–water partition coefficient (Wildman–Crippen LogP) is 8.58. The average molecular weight is 451 g/mol. The molecule has 0 amide bonds. The van der Waals surface area contributed by atoms with Crippen LogP contribution in [0.5, 0.6) is 0 Å². The van der Waals surface area contributed by atoms with E-state index in [9.17, 15) is 26.3 Å². The highest BCUT2D eigenvalue weighted by atomic mass is 19.4. The molecule has 0 N–H and O–H groups in total. The maximum absolute atomic E-state index is 13.0. The molecule has 3 aromatic carbocycles. The van der Waals surface area contributed by atoms with E-state index in [0.29, 0.717) is 23.7 Å². The summed E-state index contributed by atoms with van der Waals surface area (Å²) in [5.74, 6) is 0.380. The molecule has 170 valence electrons. The van der Waals surface area contributed by atoms with Crippen LogP contribution in [0.4, 0.5) is 37.7 Å². The molecule has 0 atom stereocenters. The first kappa shape index (κ1) is 23.7. The van der Waals surface area contributed by atoms with E-state index >= 15 is 0 Å². The van der Waals surface area contributed by atoms with Crippen molar-refractivity contribution in [1.29, 1.82) is 0 Å². The van der Waals surface area contributed by atoms with Crippen LogP contribution in [0.1, 0.15) is 31.4 Å². The fraction of sp³-hybridized carbons (Fsp3) is 0.280. The molecule has 0 aromatic heterocycles. The van der Waals surface area contributed by atoms with Gasteiger partial charge in [-0.3, -0.25) is 0 Å². The highest BCUT2D eigenvalue weighted by Crippen LogP contribution is 2.35. The van der Waals surface area contributed by atoms with Gasteiger partial charge in [0.15, 0.2) is 0 Å². The zero-order chi connectivity index (χ0) is 23.5. The lowest BCUT2D eigenvalue weighted by Gasteiger charge is -2.27. The second-order valence-corrected chi connectivity index (χ2v) is 8.00. The standard InChI is InChI=1S/C25H23F6N/c1-17(2)14-15-32(22-12-10-21(11-13-22)25(29,30)31)23-5-3-4-19(16-23)18-6-8-20(9-7-18)24(26,27)28/h3-13,16-17H,14-15H2,1-2H3. The van der Waals surface area contributed by atoms with Crippen LogP contribution in [-0.2, 0) is 12.4 Å². The predicted molar refractivity (Wildman–Crippen MR) is 115 cm³/mol. The molecule has 0 aliphatic heterocycles. The first-order valence-electron chi connectivity index (χ1n) is 10.2. The van der Waals surface area contributed by atoms with E-state index in [1.807, 2.05) is 17.0 Å². The Labute approximate surface area is 183 Å². The van der Waals surface area contributed by atoms with Gasteiger partial charge in [-0.1, -0.05) is 38.1 Å². The van der Waals surface area contributed by atoms with Crippen molar-refractivity contribution in [2.45, 2.75) is 32.6 Å². The number of alkyl halides is 6. The summed E-state index contributed by atoms with van der Waals surface area (Å²) in [6, 6.07) is 17.1. The number of nitrogens with zero attached hydrogens (tertiary/aromatic N) is 1. The maximum atomic E-state index is 13.0. The van der Waals surface area contributed by atoms with Gasteiger partial charge in [0, 0.05) is 17.9 Å². The highest BCUT2D eigenvalue weighted by molar-refractivity contribution is 5.72. The molecule has 7 heteroatoms. The topological polar surface area (TPSA) is 3.24 Å². The van der Waals surface area contributed by atoms with Gasteiger partial charge in [0.05, 0.1) is 11.1 Å². The van der Waals surface area contributed by atoms with Gasteiger partial charge in [-0.15, -0.1) is 0 Å². The van der Waals surface area contributed by atoms with Crippen molar-refractivity contribution in [3.05, 3.63) is 83.9 Å². The third-order valence-corrected chi connectivity index (χ3v) is 5.14. The molecule has 0 bridgehead atoms. The zero-order valence-corrected chi connectivity index (χ0v) is 17.6. The third kappa shape index (κ3) is 5.84. The summed E-state index contributed by atoms with van der Waals surface area (Å²) >= 11 is 0. The summed E-state index contributed by atoms with van der Waals surface area (Å²) in [5.41, 5.74) is 1.27. The molecule has 0 spiro atoms. The fourth-order valence-electron chi connectivity index (χ4n) is 3.33. The Morgan fingerprint density at radius 3 is 1.69 bits per heavy atom. The van der Waals surface area contributed by atoms with Crippen molar-refractivity contribution < 1.29 is 26.3 Å². The van der Waals surface area contributed by atoms with Crippen molar-refractivity contribution in [3.63, 3.8) is 0 Å². The normalized spacial score (nSPS) is 12.3. The van der Waals surface area contributed by atoms with Gasteiger partial charge >= 0.3 is 12.4 Å². The Balaban J connectivity index is 1.95. The van der Waals surface area contributed by atoms with Gasteiger partial charge in [0.25, 0.3) is 0 Å². The summed E-state index contributed by atoms with van der Waals surface area (Å²) in [5, 5.41) is 0. The first-order chi connectivity index (χ1) is 14.9. The molecular formula is C25H23F6N. The number of halogens is 6. The molecule has 0 saturated heterocycles. The van der Waals surface area contributed by atoms with Crippen molar-refractivity contribution in [3.8, 4) is 11.1 Å². The van der Waals surface area contributed by atoms with Crippen molar-refractivity contribution in [1.82, 2.24) is 0 Å². The summed E-state index contributed by atoms with van der Waals surface area (Å²) < 4.78 is 77.4. The fourth-order valence-corrected chi connectivity index (χ4v) is 3.33. The minimum atomic E-state index is -4.41. The van der Waals surface area contributed by atoms with Crippen molar-refractivity contribution >= 4 is 11.4 Å². The van der Waals surface area contributed by atoms with Crippen LogP contribution in [0.2, 0.25) is 0 Å². The molecule has 3 aromatic rings. The summed E-state index contributed by atoms with van der Waals surface area (Å²) in [6.45, 7) is 4.70. The van der Waals surface area contributed by atoms with Crippen molar-refractivity contribution in [2.75, 3.05) is 11.4 Å². The smallest absolute Gasteiger partial charge is 0.341 e. The molecule has 32 heavy (non-hydrogen) atoms. The Hall–Kier alpha value is -2.96. The lowest BCUT2D eigenvalue weighted by Crippen LogP contribution is -2.20. The van der Waals surface area contributed by atoms with Crippen LogP contribution in [0, 0.1) is 5.92 Å². The molecular weight excluding hydrogens is 428 g/mol. The molecule has 0 heterocycles. The van der Waals surface area contributed by atoms with Crippen LogP contribution >= 0.6 is 0 Å². The van der Waals surface area contributed by atoms with E-state index in [1.165, 1.54) is 24.3 Å². The molecule has 0 unspecified atom stereocenters. The van der Waals surface area contributed by atoms with E-state index in [2.05, 4.69) is 13.8 Å². The molecule has 0 aliphatic rings. The van der Waals surface area contributed by atoms with E-state index in [1.54, 1.807) is 12.1 Å². The number of hydrogen-bond donors (Lipinski definition) is 0. The molecule has 0 aliphatic carbocycles. The van der Waals surface area contributed by atoms with Crippen LogP contribution in [-0.4, -0.2) is 6.54 Å². The van der Waals surface area contributed by atoms with E-state index < -0.39 is 23.5 Å². The van der Waals surface area contributed by atoms with Gasteiger partial charge in [-0.2, -0.15) is 26.3 Å². The minimum absolute atomic E-state index is 0.380. The van der Waals surface area contributed by atoms with Crippen LogP contribution in [0.3, 0.4) is 0 Å². The largest absolute Gasteiger partial charge is 0.416 e. The summed E-state index contributed by atoms with van der Waals surface area (Å²) in [6.07, 6.45) is -8.01. The zero-order valence-electron chi connectivity index (χ0n) is 17.6. The highest BCUT2D eigenvalue weighted by Gasteiger charge is 2.31. The van der Waals surface area contributed by atoms with Gasteiger partial charge in [-0.25, -0.2) is 0 Å². The van der Waals surface area contributed by atoms with Crippen LogP contribution < -0.4 is 4.90 Å². The van der Waals surface area contributed by atoms with Gasteiger partial charge in [-0.05, 0) is 72.0 Å². The minimum Gasteiger partial charge on any atom is -0.341 e. The molecule has 3 rings (SSSR count). The number of benzene rings is 3. The van der Waals surface area contributed by atoms with Crippen LogP contribution in [0.25, 0.3) is 11.1 Å². The number of hydrogen-bond acceptors (Lipinski definition) is 1. The summed E-state index contributed by atoms with van der Waals surface area (Å²) in [7, 11) is 0. The molecule has 1 nitrogen and oxygen atoms in total. The molecule has 0 saturated carbocycles. The average Bonchev–Trinajstić information content (AvgIpc) is 2.73. The third-order valence-electron chi connectivity index (χ3n) is 5.14. The lowest BCUT2D eigenvalue weighted by molar-refractivity contribution is -0.138. The first-order valence-corrected chi connectivity index (χ1v) is 10.2. The monoisotopic (exact) mass is 451 g/mol. The van der Waals surface area contributed by atoms with Crippen LogP contribution in [0.15, 0.2) is 72.8 Å². The molecule has 0 radical (unpaired) electrons. The second-order valence-electron chi connectivity index (χ2n) is 8.00. The lowest BCUT2D eigenvalue weighted by atomic mass is 10.0. The van der Waals surface area contributed by atoms with E-state index in [-0.39, 0.29) is 0 Å². The Kier molecular flexibility index (Phi) is 6.86. The van der Waals surface area contributed by atoms with E-state index in [0.717, 1.165) is 41.9 Å². The molecule has 0 fully saturated rings. The second kappa shape index (κ2) is 9.27. The Morgan fingerprint density at radius 2 is 1.19 bits per heavy atom. The van der Waals surface area contributed by atoms with E-state index in [4.69, 9.17) is 0 Å². The van der Waals surface area contributed by atoms with Gasteiger partial charge in [0.2, 0.25) is 0 Å². The number of anilines is 2. The van der Waals surface area contributed by atoms with Gasteiger partial charge < -0.3 is 4.90 Å².